The van der Waals surface area contributed by atoms with Crippen LogP contribution in [-0.4, -0.2) is 6.54 Å². The average Bonchev–Trinajstić information content (AvgIpc) is 2.63. The Labute approximate surface area is 79.5 Å². The molecule has 0 spiro atoms. The first-order valence-corrected chi connectivity index (χ1v) is 4.81. The standard InChI is InChI=1S/C12H15N/c1-3-9(2)11-6-4-5-10-7-8-13-12(10)11/h3-6,9,13H,1,7-8H2,2H3/t9-/m1/s1. The minimum absolute atomic E-state index is 0.445. The van der Waals surface area contributed by atoms with Crippen LogP contribution in [0.1, 0.15) is 24.0 Å². The van der Waals surface area contributed by atoms with Crippen LogP contribution in [0.15, 0.2) is 30.9 Å². The third-order valence-electron chi connectivity index (χ3n) is 2.72. The van der Waals surface area contributed by atoms with E-state index in [0.29, 0.717) is 5.92 Å². The number of hydrogen-bond donors (Lipinski definition) is 1. The lowest BCUT2D eigenvalue weighted by Crippen LogP contribution is -1.97. The van der Waals surface area contributed by atoms with Gasteiger partial charge in [0.05, 0.1) is 0 Å². The van der Waals surface area contributed by atoms with Gasteiger partial charge in [-0.2, -0.15) is 0 Å². The van der Waals surface area contributed by atoms with Crippen molar-refractivity contribution < 1.29 is 0 Å². The largest absolute Gasteiger partial charge is 0.384 e. The van der Waals surface area contributed by atoms with Gasteiger partial charge in [0.15, 0.2) is 0 Å². The third-order valence-corrected chi connectivity index (χ3v) is 2.72. The lowest BCUT2D eigenvalue weighted by Gasteiger charge is -2.12. The molecule has 0 saturated heterocycles. The topological polar surface area (TPSA) is 12.0 Å². The summed E-state index contributed by atoms with van der Waals surface area (Å²) in [6, 6.07) is 6.53. The van der Waals surface area contributed by atoms with Gasteiger partial charge in [-0.3, -0.25) is 0 Å². The van der Waals surface area contributed by atoms with Crippen molar-refractivity contribution in [1.82, 2.24) is 0 Å². The molecular formula is C12H15N. The number of benzene rings is 1. The van der Waals surface area contributed by atoms with Gasteiger partial charge in [-0.1, -0.05) is 31.2 Å². The van der Waals surface area contributed by atoms with Gasteiger partial charge in [0, 0.05) is 18.2 Å². The van der Waals surface area contributed by atoms with Crippen molar-refractivity contribution in [3.05, 3.63) is 42.0 Å². The molecule has 1 heteroatoms. The lowest BCUT2D eigenvalue weighted by molar-refractivity contribution is 0.973. The summed E-state index contributed by atoms with van der Waals surface area (Å²) >= 11 is 0. The normalized spacial score (nSPS) is 16.1. The zero-order valence-electron chi connectivity index (χ0n) is 8.01. The highest BCUT2D eigenvalue weighted by molar-refractivity contribution is 5.62. The molecule has 1 atom stereocenters. The molecule has 1 heterocycles. The second-order valence-corrected chi connectivity index (χ2v) is 3.58. The average molecular weight is 173 g/mol. The minimum atomic E-state index is 0.445. The Morgan fingerprint density at radius 2 is 2.38 bits per heavy atom. The van der Waals surface area contributed by atoms with Crippen LogP contribution in [0.2, 0.25) is 0 Å². The first kappa shape index (κ1) is 8.36. The van der Waals surface area contributed by atoms with Crippen LogP contribution >= 0.6 is 0 Å². The molecule has 1 aromatic rings. The van der Waals surface area contributed by atoms with E-state index in [1.54, 1.807) is 0 Å². The minimum Gasteiger partial charge on any atom is -0.384 e. The molecular weight excluding hydrogens is 158 g/mol. The molecule has 1 aliphatic rings. The summed E-state index contributed by atoms with van der Waals surface area (Å²) in [7, 11) is 0. The highest BCUT2D eigenvalue weighted by atomic mass is 14.9. The summed E-state index contributed by atoms with van der Waals surface area (Å²) in [4.78, 5) is 0. The van der Waals surface area contributed by atoms with Gasteiger partial charge in [0.2, 0.25) is 0 Å². The van der Waals surface area contributed by atoms with Crippen molar-refractivity contribution in [3.8, 4) is 0 Å². The molecule has 13 heavy (non-hydrogen) atoms. The van der Waals surface area contributed by atoms with E-state index in [9.17, 15) is 0 Å². The van der Waals surface area contributed by atoms with Crippen LogP contribution in [0.25, 0.3) is 0 Å². The number of para-hydroxylation sites is 1. The molecule has 1 N–H and O–H groups in total. The third kappa shape index (κ3) is 1.35. The van der Waals surface area contributed by atoms with E-state index in [0.717, 1.165) is 13.0 Å². The molecule has 1 aromatic carbocycles. The molecule has 0 fully saturated rings. The van der Waals surface area contributed by atoms with Crippen molar-refractivity contribution in [3.63, 3.8) is 0 Å². The monoisotopic (exact) mass is 173 g/mol. The van der Waals surface area contributed by atoms with Gasteiger partial charge in [-0.15, -0.1) is 6.58 Å². The predicted octanol–water partition coefficient (Wildman–Crippen LogP) is 2.94. The van der Waals surface area contributed by atoms with Gasteiger partial charge < -0.3 is 5.32 Å². The van der Waals surface area contributed by atoms with E-state index in [2.05, 4.69) is 37.0 Å². The molecule has 0 aromatic heterocycles. The van der Waals surface area contributed by atoms with Crippen LogP contribution in [0.3, 0.4) is 0 Å². The molecule has 0 amide bonds. The van der Waals surface area contributed by atoms with E-state index in [4.69, 9.17) is 0 Å². The number of nitrogens with one attached hydrogen (secondary N) is 1. The van der Waals surface area contributed by atoms with Crippen LogP contribution in [0.4, 0.5) is 5.69 Å². The summed E-state index contributed by atoms with van der Waals surface area (Å²) in [5.41, 5.74) is 4.17. The van der Waals surface area contributed by atoms with Gasteiger partial charge in [-0.25, -0.2) is 0 Å². The zero-order chi connectivity index (χ0) is 9.26. The fraction of sp³-hybridized carbons (Fsp3) is 0.333. The fourth-order valence-electron chi connectivity index (χ4n) is 1.87. The zero-order valence-corrected chi connectivity index (χ0v) is 8.01. The van der Waals surface area contributed by atoms with Crippen LogP contribution < -0.4 is 5.32 Å². The quantitative estimate of drug-likeness (QED) is 0.678. The second kappa shape index (κ2) is 3.25. The van der Waals surface area contributed by atoms with Gasteiger partial charge in [0.1, 0.15) is 0 Å². The van der Waals surface area contributed by atoms with E-state index in [1.165, 1.54) is 16.8 Å². The lowest BCUT2D eigenvalue weighted by atomic mass is 9.97. The Balaban J connectivity index is 2.46. The van der Waals surface area contributed by atoms with Crippen molar-refractivity contribution in [1.29, 1.82) is 0 Å². The Hall–Kier alpha value is -1.24. The molecule has 2 rings (SSSR count). The summed E-state index contributed by atoms with van der Waals surface area (Å²) < 4.78 is 0. The Kier molecular flexibility index (Phi) is 2.09. The number of rotatable bonds is 2. The number of hydrogen-bond acceptors (Lipinski definition) is 1. The highest BCUT2D eigenvalue weighted by Gasteiger charge is 2.15. The van der Waals surface area contributed by atoms with Crippen LogP contribution in [0, 0.1) is 0 Å². The van der Waals surface area contributed by atoms with E-state index >= 15 is 0 Å². The first-order valence-electron chi connectivity index (χ1n) is 4.81. The number of allylic oxidation sites excluding steroid dienone is 1. The van der Waals surface area contributed by atoms with Crippen molar-refractivity contribution in [2.75, 3.05) is 11.9 Å². The molecule has 1 nitrogen and oxygen atoms in total. The first-order chi connectivity index (χ1) is 6.33. The second-order valence-electron chi connectivity index (χ2n) is 3.58. The fourth-order valence-corrected chi connectivity index (χ4v) is 1.87. The molecule has 0 aliphatic carbocycles. The number of fused-ring (bicyclic) bond motifs is 1. The van der Waals surface area contributed by atoms with Crippen LogP contribution in [-0.2, 0) is 6.42 Å². The van der Waals surface area contributed by atoms with Gasteiger partial charge in [0.25, 0.3) is 0 Å². The van der Waals surface area contributed by atoms with E-state index in [-0.39, 0.29) is 0 Å². The van der Waals surface area contributed by atoms with Crippen molar-refractivity contribution >= 4 is 5.69 Å². The Morgan fingerprint density at radius 1 is 1.54 bits per heavy atom. The SMILES string of the molecule is C=C[C@@H](C)c1cccc2c1NCC2. The molecule has 0 unspecified atom stereocenters. The molecule has 0 bridgehead atoms. The highest BCUT2D eigenvalue weighted by Crippen LogP contribution is 2.31. The maximum Gasteiger partial charge on any atom is 0.0412 e. The maximum absolute atomic E-state index is 3.83. The Bertz CT molecular complexity index is 328. The summed E-state index contributed by atoms with van der Waals surface area (Å²) in [6.07, 6.45) is 3.16. The van der Waals surface area contributed by atoms with E-state index in [1.807, 2.05) is 6.08 Å². The summed E-state index contributed by atoms with van der Waals surface area (Å²) in [6.45, 7) is 7.10. The molecule has 68 valence electrons. The smallest absolute Gasteiger partial charge is 0.0412 e. The van der Waals surface area contributed by atoms with Gasteiger partial charge in [-0.05, 0) is 17.5 Å². The molecule has 0 radical (unpaired) electrons. The molecule has 1 aliphatic heterocycles. The summed E-state index contributed by atoms with van der Waals surface area (Å²) in [5, 5.41) is 3.44. The van der Waals surface area contributed by atoms with Crippen LogP contribution in [0.5, 0.6) is 0 Å². The Morgan fingerprint density at radius 3 is 3.15 bits per heavy atom. The van der Waals surface area contributed by atoms with Crippen molar-refractivity contribution in [2.45, 2.75) is 19.3 Å². The predicted molar refractivity (Wildman–Crippen MR) is 57.2 cm³/mol. The van der Waals surface area contributed by atoms with E-state index < -0.39 is 0 Å². The molecule has 0 saturated carbocycles. The van der Waals surface area contributed by atoms with Crippen molar-refractivity contribution in [2.24, 2.45) is 0 Å². The maximum atomic E-state index is 3.83. The summed E-state index contributed by atoms with van der Waals surface area (Å²) in [5.74, 6) is 0.445. The number of anilines is 1. The van der Waals surface area contributed by atoms with Gasteiger partial charge >= 0.3 is 0 Å².